The van der Waals surface area contributed by atoms with Gasteiger partial charge in [-0.05, 0) is 37.5 Å². The van der Waals surface area contributed by atoms with Crippen LogP contribution in [0.5, 0.6) is 0 Å². The van der Waals surface area contributed by atoms with Gasteiger partial charge in [-0.2, -0.15) is 0 Å². The predicted octanol–water partition coefficient (Wildman–Crippen LogP) is 4.75. The Morgan fingerprint density at radius 3 is 2.60 bits per heavy atom. The summed E-state index contributed by atoms with van der Waals surface area (Å²) in [5.41, 5.74) is 1.81. The summed E-state index contributed by atoms with van der Waals surface area (Å²) in [5, 5.41) is 0. The van der Waals surface area contributed by atoms with E-state index >= 15 is 0 Å². The van der Waals surface area contributed by atoms with Gasteiger partial charge >= 0.3 is 0 Å². The molecule has 0 bridgehead atoms. The Labute approximate surface area is 94.8 Å². The molecule has 0 spiro atoms. The molecule has 0 aromatic heterocycles. The van der Waals surface area contributed by atoms with Gasteiger partial charge in [0.25, 0.3) is 0 Å². The molecule has 2 unspecified atom stereocenters. The van der Waals surface area contributed by atoms with Gasteiger partial charge in [0.2, 0.25) is 0 Å². The van der Waals surface area contributed by atoms with Gasteiger partial charge in [-0.25, -0.2) is 0 Å². The van der Waals surface area contributed by atoms with Crippen molar-refractivity contribution in [3.8, 4) is 0 Å². The van der Waals surface area contributed by atoms with Crippen LogP contribution in [0.15, 0.2) is 36.0 Å². The lowest BCUT2D eigenvalue weighted by Gasteiger charge is -2.40. The minimum atomic E-state index is 0.292. The van der Waals surface area contributed by atoms with Gasteiger partial charge in [-0.15, -0.1) is 0 Å². The van der Waals surface area contributed by atoms with Crippen molar-refractivity contribution in [3.63, 3.8) is 0 Å². The fraction of sp³-hybridized carbons (Fsp3) is 0.600. The summed E-state index contributed by atoms with van der Waals surface area (Å²) in [7, 11) is 0. The van der Waals surface area contributed by atoms with Crippen molar-refractivity contribution in [1.29, 1.82) is 0 Å². The van der Waals surface area contributed by atoms with Crippen molar-refractivity contribution in [1.82, 2.24) is 0 Å². The summed E-state index contributed by atoms with van der Waals surface area (Å²) in [5.74, 6) is 1.34. The SMILES string of the molecule is CC=CC(C)(C(C)C)C1CC=CC=C1C. The van der Waals surface area contributed by atoms with Crippen molar-refractivity contribution in [2.75, 3.05) is 0 Å². The minimum Gasteiger partial charge on any atom is -0.0911 e. The molecule has 84 valence electrons. The summed E-state index contributed by atoms with van der Waals surface area (Å²) < 4.78 is 0. The first-order valence-corrected chi connectivity index (χ1v) is 5.99. The van der Waals surface area contributed by atoms with Crippen LogP contribution in [0.3, 0.4) is 0 Å². The monoisotopic (exact) mass is 204 g/mol. The van der Waals surface area contributed by atoms with Gasteiger partial charge in [0.1, 0.15) is 0 Å². The van der Waals surface area contributed by atoms with Crippen LogP contribution in [0, 0.1) is 17.3 Å². The van der Waals surface area contributed by atoms with E-state index in [1.165, 1.54) is 12.0 Å². The largest absolute Gasteiger partial charge is 0.0911 e. The number of hydrogen-bond donors (Lipinski definition) is 0. The zero-order valence-corrected chi connectivity index (χ0v) is 10.7. The first kappa shape index (κ1) is 12.3. The third kappa shape index (κ3) is 2.42. The number of hydrogen-bond acceptors (Lipinski definition) is 0. The lowest BCUT2D eigenvalue weighted by molar-refractivity contribution is 0.205. The molecule has 0 N–H and O–H groups in total. The van der Waals surface area contributed by atoms with Gasteiger partial charge in [-0.1, -0.05) is 56.7 Å². The third-order valence-electron chi connectivity index (χ3n) is 3.94. The van der Waals surface area contributed by atoms with Crippen molar-refractivity contribution < 1.29 is 0 Å². The molecule has 0 fully saturated rings. The number of rotatable bonds is 3. The topological polar surface area (TPSA) is 0 Å². The molecule has 15 heavy (non-hydrogen) atoms. The van der Waals surface area contributed by atoms with E-state index in [1.807, 2.05) is 0 Å². The Bertz CT molecular complexity index is 291. The van der Waals surface area contributed by atoms with Crippen molar-refractivity contribution >= 4 is 0 Å². The van der Waals surface area contributed by atoms with Crippen molar-refractivity contribution in [2.24, 2.45) is 17.3 Å². The van der Waals surface area contributed by atoms with Crippen LogP contribution in [-0.4, -0.2) is 0 Å². The molecule has 2 atom stereocenters. The van der Waals surface area contributed by atoms with Crippen LogP contribution >= 0.6 is 0 Å². The normalized spacial score (nSPS) is 25.7. The highest BCUT2D eigenvalue weighted by Crippen LogP contribution is 2.44. The van der Waals surface area contributed by atoms with E-state index < -0.39 is 0 Å². The average Bonchev–Trinajstić information content (AvgIpc) is 2.18. The molecule has 0 amide bonds. The fourth-order valence-corrected chi connectivity index (χ4v) is 2.55. The maximum Gasteiger partial charge on any atom is -0.00553 e. The van der Waals surface area contributed by atoms with Gasteiger partial charge in [0.05, 0.1) is 0 Å². The van der Waals surface area contributed by atoms with Gasteiger partial charge in [0.15, 0.2) is 0 Å². The number of allylic oxidation sites excluding steroid dienone is 6. The molecule has 1 aliphatic carbocycles. The van der Waals surface area contributed by atoms with Gasteiger partial charge in [-0.3, -0.25) is 0 Å². The second-order valence-corrected chi connectivity index (χ2v) is 5.15. The average molecular weight is 204 g/mol. The van der Waals surface area contributed by atoms with E-state index in [2.05, 4.69) is 65.0 Å². The molecule has 0 aromatic carbocycles. The first-order chi connectivity index (χ1) is 7.02. The van der Waals surface area contributed by atoms with E-state index in [-0.39, 0.29) is 0 Å². The predicted molar refractivity (Wildman–Crippen MR) is 68.8 cm³/mol. The van der Waals surface area contributed by atoms with Gasteiger partial charge < -0.3 is 0 Å². The van der Waals surface area contributed by atoms with Crippen molar-refractivity contribution in [3.05, 3.63) is 36.0 Å². The third-order valence-corrected chi connectivity index (χ3v) is 3.94. The van der Waals surface area contributed by atoms with E-state index in [9.17, 15) is 0 Å². The molecule has 0 nitrogen and oxygen atoms in total. The summed E-state index contributed by atoms with van der Waals surface area (Å²) in [4.78, 5) is 0. The molecular weight excluding hydrogens is 180 g/mol. The quantitative estimate of drug-likeness (QED) is 0.582. The van der Waals surface area contributed by atoms with E-state index in [4.69, 9.17) is 0 Å². The highest BCUT2D eigenvalue weighted by atomic mass is 14.4. The van der Waals surface area contributed by atoms with Crippen LogP contribution in [0.1, 0.15) is 41.0 Å². The first-order valence-electron chi connectivity index (χ1n) is 5.99. The van der Waals surface area contributed by atoms with Crippen molar-refractivity contribution in [2.45, 2.75) is 41.0 Å². The van der Waals surface area contributed by atoms with E-state index in [0.29, 0.717) is 17.3 Å². The molecule has 0 aromatic rings. The second kappa shape index (κ2) is 4.83. The molecule has 0 saturated carbocycles. The maximum atomic E-state index is 2.39. The van der Waals surface area contributed by atoms with Crippen LogP contribution in [0.25, 0.3) is 0 Å². The Hall–Kier alpha value is -0.780. The lowest BCUT2D eigenvalue weighted by Crippen LogP contribution is -2.32. The van der Waals surface area contributed by atoms with Crippen LogP contribution in [-0.2, 0) is 0 Å². The Balaban J connectivity index is 3.00. The summed E-state index contributed by atoms with van der Waals surface area (Å²) in [6, 6.07) is 0. The van der Waals surface area contributed by atoms with Gasteiger partial charge in [0, 0.05) is 0 Å². The Kier molecular flexibility index (Phi) is 3.96. The Morgan fingerprint density at radius 1 is 1.47 bits per heavy atom. The molecular formula is C15H24. The summed E-state index contributed by atoms with van der Waals surface area (Å²) in [6.45, 7) is 11.4. The molecule has 1 aliphatic rings. The highest BCUT2D eigenvalue weighted by molar-refractivity contribution is 5.24. The van der Waals surface area contributed by atoms with Crippen LogP contribution < -0.4 is 0 Å². The molecule has 1 rings (SSSR count). The Morgan fingerprint density at radius 2 is 2.13 bits per heavy atom. The minimum absolute atomic E-state index is 0.292. The lowest BCUT2D eigenvalue weighted by atomic mass is 9.64. The highest BCUT2D eigenvalue weighted by Gasteiger charge is 2.35. The molecule has 0 heteroatoms. The zero-order chi connectivity index (χ0) is 11.5. The molecule has 0 heterocycles. The van der Waals surface area contributed by atoms with E-state index in [1.54, 1.807) is 0 Å². The van der Waals surface area contributed by atoms with E-state index in [0.717, 1.165) is 0 Å². The van der Waals surface area contributed by atoms with Crippen LogP contribution in [0.4, 0.5) is 0 Å². The molecule has 0 radical (unpaired) electrons. The summed E-state index contributed by atoms with van der Waals surface area (Å²) in [6.07, 6.45) is 12.5. The maximum absolute atomic E-state index is 2.39. The van der Waals surface area contributed by atoms with Crippen LogP contribution in [0.2, 0.25) is 0 Å². The summed E-state index contributed by atoms with van der Waals surface area (Å²) >= 11 is 0. The second-order valence-electron chi connectivity index (χ2n) is 5.15. The zero-order valence-electron chi connectivity index (χ0n) is 10.7. The fourth-order valence-electron chi connectivity index (χ4n) is 2.55. The molecule has 0 aliphatic heterocycles. The smallest absolute Gasteiger partial charge is 0.00553 e. The standard InChI is InChI=1S/C15H24/c1-6-11-15(5,12(2)3)14-10-8-7-9-13(14)4/h6-9,11-12,14H,10H2,1-5H3. The molecule has 0 saturated heterocycles.